The van der Waals surface area contributed by atoms with E-state index in [4.69, 9.17) is 9.47 Å². The molecule has 2 aliphatic rings. The summed E-state index contributed by atoms with van der Waals surface area (Å²) in [7, 11) is 5.21. The molecule has 138 valence electrons. The van der Waals surface area contributed by atoms with Gasteiger partial charge in [-0.05, 0) is 24.1 Å². The van der Waals surface area contributed by atoms with Gasteiger partial charge in [0.2, 0.25) is 0 Å². The molecule has 5 nitrogen and oxygen atoms in total. The van der Waals surface area contributed by atoms with E-state index < -0.39 is 0 Å². The van der Waals surface area contributed by atoms with E-state index in [1.807, 2.05) is 18.0 Å². The molecule has 1 saturated heterocycles. The number of ether oxygens (including phenoxy) is 2. The number of aliphatic imine (C=N–C) groups is 1. The summed E-state index contributed by atoms with van der Waals surface area (Å²) < 4.78 is 24.7. The Hall–Kier alpha value is -1.82. The first-order chi connectivity index (χ1) is 11.9. The molecule has 0 radical (unpaired) electrons. The fraction of sp³-hybridized carbons (Fsp3) is 0.632. The molecule has 6 heteroatoms. The highest BCUT2D eigenvalue weighted by molar-refractivity contribution is 5.80. The average molecular weight is 349 g/mol. The second-order valence-electron chi connectivity index (χ2n) is 7.56. The number of hydrogen-bond acceptors (Lipinski definition) is 3. The van der Waals surface area contributed by atoms with Crippen molar-refractivity contribution in [1.82, 2.24) is 10.2 Å². The minimum Gasteiger partial charge on any atom is -0.494 e. The summed E-state index contributed by atoms with van der Waals surface area (Å²) in [5.74, 6) is 1.28. The van der Waals surface area contributed by atoms with Crippen LogP contribution in [0.3, 0.4) is 0 Å². The molecule has 0 aromatic heterocycles. The third-order valence-electron chi connectivity index (χ3n) is 5.59. The van der Waals surface area contributed by atoms with Crippen LogP contribution in [0.4, 0.5) is 4.39 Å². The molecule has 1 heterocycles. The monoisotopic (exact) mass is 349 g/mol. The molecule has 0 bridgehead atoms. The van der Waals surface area contributed by atoms with Gasteiger partial charge in [0.1, 0.15) is 0 Å². The first-order valence-corrected chi connectivity index (χ1v) is 8.77. The standard InChI is InChI=1S/C19H28FN3O2/c1-19(2)16(13-8-9-25-17(13)19)22-18(21-3)23(4)11-12-6-7-15(24-5)14(20)10-12/h6-7,10,13,16-17H,8-9,11H2,1-5H3,(H,21,22). The molecule has 2 fully saturated rings. The van der Waals surface area contributed by atoms with Gasteiger partial charge in [-0.1, -0.05) is 19.9 Å². The van der Waals surface area contributed by atoms with E-state index in [0.717, 1.165) is 24.6 Å². The van der Waals surface area contributed by atoms with Gasteiger partial charge in [0, 0.05) is 44.6 Å². The van der Waals surface area contributed by atoms with Crippen molar-refractivity contribution >= 4 is 5.96 Å². The second-order valence-corrected chi connectivity index (χ2v) is 7.56. The summed E-state index contributed by atoms with van der Waals surface area (Å²) in [6.45, 7) is 5.89. The predicted molar refractivity (Wildman–Crippen MR) is 96.3 cm³/mol. The maximum Gasteiger partial charge on any atom is 0.193 e. The highest BCUT2D eigenvalue weighted by atomic mass is 19.1. The summed E-state index contributed by atoms with van der Waals surface area (Å²) >= 11 is 0. The van der Waals surface area contributed by atoms with Crippen LogP contribution in [0.5, 0.6) is 5.75 Å². The van der Waals surface area contributed by atoms with E-state index >= 15 is 0 Å². The van der Waals surface area contributed by atoms with Crippen molar-refractivity contribution in [3.63, 3.8) is 0 Å². The zero-order chi connectivity index (χ0) is 18.2. The van der Waals surface area contributed by atoms with Crippen molar-refractivity contribution in [2.45, 2.75) is 39.0 Å². The molecule has 1 aliphatic heterocycles. The lowest BCUT2D eigenvalue weighted by atomic mass is 9.57. The first kappa shape index (κ1) is 18.0. The topological polar surface area (TPSA) is 46.1 Å². The van der Waals surface area contributed by atoms with Crippen molar-refractivity contribution in [2.24, 2.45) is 16.3 Å². The Balaban J connectivity index is 1.66. The summed E-state index contributed by atoms with van der Waals surface area (Å²) in [4.78, 5) is 6.43. The summed E-state index contributed by atoms with van der Waals surface area (Å²) in [5.41, 5.74) is 0.961. The molecule has 0 amide bonds. The zero-order valence-corrected chi connectivity index (χ0v) is 15.7. The third kappa shape index (κ3) is 3.19. The quantitative estimate of drug-likeness (QED) is 0.671. The number of guanidine groups is 1. The molecule has 3 rings (SSSR count). The van der Waals surface area contributed by atoms with Gasteiger partial charge in [0.05, 0.1) is 13.2 Å². The van der Waals surface area contributed by atoms with E-state index in [9.17, 15) is 4.39 Å². The molecular formula is C19H28FN3O2. The van der Waals surface area contributed by atoms with Gasteiger partial charge in [0.25, 0.3) is 0 Å². The molecule has 1 aromatic rings. The van der Waals surface area contributed by atoms with Gasteiger partial charge in [-0.25, -0.2) is 4.39 Å². The Kier molecular flexibility index (Phi) is 4.91. The maximum atomic E-state index is 13.9. The van der Waals surface area contributed by atoms with Gasteiger partial charge in [0.15, 0.2) is 17.5 Å². The first-order valence-electron chi connectivity index (χ1n) is 8.77. The van der Waals surface area contributed by atoms with Crippen LogP contribution in [0.15, 0.2) is 23.2 Å². The van der Waals surface area contributed by atoms with Crippen LogP contribution in [0.25, 0.3) is 0 Å². The number of benzene rings is 1. The number of methoxy groups -OCH3 is 1. The minimum absolute atomic E-state index is 0.0875. The maximum absolute atomic E-state index is 13.9. The summed E-state index contributed by atoms with van der Waals surface area (Å²) in [6.07, 6.45) is 1.43. The minimum atomic E-state index is -0.345. The molecule has 1 aromatic carbocycles. The Morgan fingerprint density at radius 3 is 2.88 bits per heavy atom. The molecule has 0 spiro atoms. The SMILES string of the molecule is CN=C(NC1C2CCOC2C1(C)C)N(C)Cc1ccc(OC)c(F)c1. The van der Waals surface area contributed by atoms with Crippen molar-refractivity contribution in [3.8, 4) is 5.75 Å². The zero-order valence-electron chi connectivity index (χ0n) is 15.7. The van der Waals surface area contributed by atoms with Crippen LogP contribution in [0.1, 0.15) is 25.8 Å². The van der Waals surface area contributed by atoms with Crippen LogP contribution in [-0.2, 0) is 11.3 Å². The molecule has 1 aliphatic carbocycles. The van der Waals surface area contributed by atoms with Gasteiger partial charge in [-0.2, -0.15) is 0 Å². The number of fused-ring (bicyclic) bond motifs is 1. The number of rotatable bonds is 4. The lowest BCUT2D eigenvalue weighted by Crippen LogP contribution is -2.67. The van der Waals surface area contributed by atoms with Crippen LogP contribution < -0.4 is 10.1 Å². The molecule has 25 heavy (non-hydrogen) atoms. The van der Waals surface area contributed by atoms with E-state index in [2.05, 4.69) is 24.2 Å². The highest BCUT2D eigenvalue weighted by Crippen LogP contribution is 2.52. The number of halogens is 1. The normalized spacial score (nSPS) is 27.4. The van der Waals surface area contributed by atoms with Crippen molar-refractivity contribution in [3.05, 3.63) is 29.6 Å². The number of hydrogen-bond donors (Lipinski definition) is 1. The second kappa shape index (κ2) is 6.83. The number of nitrogens with one attached hydrogen (secondary N) is 1. The van der Waals surface area contributed by atoms with Gasteiger partial charge in [-0.15, -0.1) is 0 Å². The summed E-state index contributed by atoms with van der Waals surface area (Å²) in [6, 6.07) is 5.38. The van der Waals surface area contributed by atoms with E-state index in [1.165, 1.54) is 13.2 Å². The van der Waals surface area contributed by atoms with Crippen LogP contribution in [0, 0.1) is 17.2 Å². The van der Waals surface area contributed by atoms with Crippen molar-refractivity contribution in [2.75, 3.05) is 27.8 Å². The fourth-order valence-electron chi connectivity index (χ4n) is 4.26. The van der Waals surface area contributed by atoms with Crippen molar-refractivity contribution in [1.29, 1.82) is 0 Å². The van der Waals surface area contributed by atoms with Crippen molar-refractivity contribution < 1.29 is 13.9 Å². The smallest absolute Gasteiger partial charge is 0.193 e. The average Bonchev–Trinajstić information content (AvgIpc) is 3.02. The van der Waals surface area contributed by atoms with Gasteiger partial charge < -0.3 is 19.7 Å². The Morgan fingerprint density at radius 1 is 1.48 bits per heavy atom. The number of nitrogens with zero attached hydrogens (tertiary/aromatic N) is 2. The van der Waals surface area contributed by atoms with Gasteiger partial charge in [-0.3, -0.25) is 4.99 Å². The Labute approximate surface area is 149 Å². The van der Waals surface area contributed by atoms with Crippen LogP contribution in [-0.4, -0.2) is 50.8 Å². The predicted octanol–water partition coefficient (Wildman–Crippen LogP) is 2.66. The molecule has 3 atom stereocenters. The molecular weight excluding hydrogens is 321 g/mol. The highest BCUT2D eigenvalue weighted by Gasteiger charge is 2.59. The molecule has 3 unspecified atom stereocenters. The van der Waals surface area contributed by atoms with Crippen LogP contribution >= 0.6 is 0 Å². The largest absolute Gasteiger partial charge is 0.494 e. The van der Waals surface area contributed by atoms with Crippen LogP contribution in [0.2, 0.25) is 0 Å². The lowest BCUT2D eigenvalue weighted by Gasteiger charge is -2.55. The molecule has 1 saturated carbocycles. The Bertz CT molecular complexity index is 662. The molecule has 1 N–H and O–H groups in total. The van der Waals surface area contributed by atoms with E-state index in [1.54, 1.807) is 13.1 Å². The lowest BCUT2D eigenvalue weighted by molar-refractivity contribution is -0.107. The third-order valence-corrected chi connectivity index (χ3v) is 5.59. The van der Waals surface area contributed by atoms with E-state index in [0.29, 0.717) is 24.6 Å². The summed E-state index contributed by atoms with van der Waals surface area (Å²) in [5, 5.41) is 3.60. The Morgan fingerprint density at radius 2 is 2.24 bits per heavy atom. The van der Waals surface area contributed by atoms with E-state index in [-0.39, 0.29) is 17.0 Å². The fourth-order valence-corrected chi connectivity index (χ4v) is 4.26. The van der Waals surface area contributed by atoms with Gasteiger partial charge >= 0.3 is 0 Å².